The molecule has 1 aromatic carbocycles. The summed E-state index contributed by atoms with van der Waals surface area (Å²) in [6.07, 6.45) is 9.43. The minimum Gasteiger partial charge on any atom is -0.394 e. The Labute approximate surface area is 231 Å². The number of amides is 3. The van der Waals surface area contributed by atoms with Gasteiger partial charge in [0.1, 0.15) is 11.6 Å². The Kier molecular flexibility index (Phi) is 7.46. The van der Waals surface area contributed by atoms with Crippen molar-refractivity contribution in [3.8, 4) is 0 Å². The normalized spacial score (nSPS) is 32.8. The summed E-state index contributed by atoms with van der Waals surface area (Å²) in [5.74, 6) is -2.23. The van der Waals surface area contributed by atoms with E-state index in [4.69, 9.17) is 4.74 Å². The molecule has 8 heteroatoms. The van der Waals surface area contributed by atoms with Gasteiger partial charge in [-0.3, -0.25) is 14.4 Å². The quantitative estimate of drug-likeness (QED) is 0.517. The van der Waals surface area contributed by atoms with Crippen molar-refractivity contribution >= 4 is 17.7 Å². The van der Waals surface area contributed by atoms with Crippen LogP contribution in [0.1, 0.15) is 46.1 Å². The third-order valence-corrected chi connectivity index (χ3v) is 9.03. The predicted molar refractivity (Wildman–Crippen MR) is 147 cm³/mol. The highest BCUT2D eigenvalue weighted by atomic mass is 16.5. The van der Waals surface area contributed by atoms with Crippen LogP contribution in [0.4, 0.5) is 0 Å². The van der Waals surface area contributed by atoms with Crippen molar-refractivity contribution in [1.29, 1.82) is 0 Å². The van der Waals surface area contributed by atoms with Crippen molar-refractivity contribution in [3.63, 3.8) is 0 Å². The number of hydrogen-bond acceptors (Lipinski definition) is 5. The summed E-state index contributed by atoms with van der Waals surface area (Å²) in [6, 6.07) is 7.96. The molecule has 0 aliphatic carbocycles. The van der Waals surface area contributed by atoms with Crippen LogP contribution in [0.15, 0.2) is 54.6 Å². The number of benzene rings is 1. The van der Waals surface area contributed by atoms with Gasteiger partial charge in [-0.25, -0.2) is 0 Å². The third kappa shape index (κ3) is 4.23. The van der Waals surface area contributed by atoms with E-state index in [-0.39, 0.29) is 30.4 Å². The van der Waals surface area contributed by atoms with Crippen LogP contribution in [0, 0.1) is 11.8 Å². The van der Waals surface area contributed by atoms with E-state index < -0.39 is 35.1 Å². The molecule has 0 bridgehead atoms. The standard InChI is InChI=1S/C31H41N3O5/c1-5-16-32-17-10-14-30(6-2)24(27(32)36)25-28(37)34(23(20-35)19-22-12-8-7-9-13-22)26-29(38)33(21(3)4)18-11-15-31(25,26)39-30/h7-15,21,23-26,35H,5-6,16-20H2,1-4H3/t23-,24-,25+,26?,30+,31+/m1/s1. The molecular weight excluding hydrogens is 494 g/mol. The zero-order chi connectivity index (χ0) is 27.9. The fourth-order valence-electron chi connectivity index (χ4n) is 7.23. The predicted octanol–water partition coefficient (Wildman–Crippen LogP) is 2.57. The maximum Gasteiger partial charge on any atom is 0.249 e. The van der Waals surface area contributed by atoms with Crippen molar-refractivity contribution in [1.82, 2.24) is 14.7 Å². The molecule has 2 fully saturated rings. The second kappa shape index (κ2) is 10.5. The first-order valence-electron chi connectivity index (χ1n) is 14.4. The minimum absolute atomic E-state index is 0.0939. The summed E-state index contributed by atoms with van der Waals surface area (Å²) in [5.41, 5.74) is -1.34. The molecule has 4 aliphatic rings. The van der Waals surface area contributed by atoms with E-state index in [1.807, 2.05) is 87.2 Å². The molecule has 1 spiro atoms. The summed E-state index contributed by atoms with van der Waals surface area (Å²) < 4.78 is 7.01. The molecule has 1 unspecified atom stereocenters. The maximum absolute atomic E-state index is 14.6. The SMILES string of the molecule is CCCN1CC=C[C@]2(CC)O[C@]34C=CCN(C(C)C)C(=O)C3N([C@@H](CO)Cc3ccccc3)C(=O)[C@@H]4[C@@H]2C1=O. The lowest BCUT2D eigenvalue weighted by Gasteiger charge is -2.41. The molecule has 0 aromatic heterocycles. The Morgan fingerprint density at radius 2 is 1.69 bits per heavy atom. The number of fused-ring (bicyclic) bond motifs is 2. The zero-order valence-corrected chi connectivity index (χ0v) is 23.5. The van der Waals surface area contributed by atoms with Gasteiger partial charge in [0.05, 0.1) is 30.1 Å². The van der Waals surface area contributed by atoms with Gasteiger partial charge < -0.3 is 24.5 Å². The van der Waals surface area contributed by atoms with Crippen molar-refractivity contribution in [3.05, 3.63) is 60.2 Å². The van der Waals surface area contributed by atoms with Crippen molar-refractivity contribution in [2.45, 2.75) is 76.3 Å². The van der Waals surface area contributed by atoms with E-state index in [1.165, 1.54) is 0 Å². The fourth-order valence-corrected chi connectivity index (χ4v) is 7.23. The minimum atomic E-state index is -1.31. The number of ether oxygens (including phenoxy) is 1. The van der Waals surface area contributed by atoms with Gasteiger partial charge in [-0.1, -0.05) is 68.5 Å². The highest BCUT2D eigenvalue weighted by Gasteiger charge is 2.75. The topological polar surface area (TPSA) is 90.4 Å². The number of carbonyl (C=O) groups is 3. The van der Waals surface area contributed by atoms with Gasteiger partial charge in [0.15, 0.2) is 0 Å². The van der Waals surface area contributed by atoms with Gasteiger partial charge in [0.2, 0.25) is 17.7 Å². The summed E-state index contributed by atoms with van der Waals surface area (Å²) >= 11 is 0. The third-order valence-electron chi connectivity index (χ3n) is 9.03. The van der Waals surface area contributed by atoms with Gasteiger partial charge in [0, 0.05) is 25.7 Å². The second-order valence-corrected chi connectivity index (χ2v) is 11.6. The van der Waals surface area contributed by atoms with Gasteiger partial charge in [0.25, 0.3) is 0 Å². The average molecular weight is 536 g/mol. The molecule has 0 saturated carbocycles. The largest absolute Gasteiger partial charge is 0.394 e. The lowest BCUT2D eigenvalue weighted by Crippen LogP contribution is -2.60. The first-order valence-corrected chi connectivity index (χ1v) is 14.4. The van der Waals surface area contributed by atoms with Crippen LogP contribution in [-0.2, 0) is 25.5 Å². The molecular formula is C31H41N3O5. The molecule has 4 aliphatic heterocycles. The monoisotopic (exact) mass is 535 g/mol. The van der Waals surface area contributed by atoms with E-state index >= 15 is 0 Å². The molecule has 4 heterocycles. The molecule has 5 rings (SSSR count). The Hall–Kier alpha value is -2.97. The average Bonchev–Trinajstić information content (AvgIpc) is 3.22. The fraction of sp³-hybridized carbons (Fsp3) is 0.581. The first kappa shape index (κ1) is 27.6. The second-order valence-electron chi connectivity index (χ2n) is 11.6. The van der Waals surface area contributed by atoms with Gasteiger partial charge in [-0.05, 0) is 38.7 Å². The summed E-state index contributed by atoms with van der Waals surface area (Å²) in [7, 11) is 0. The van der Waals surface area contributed by atoms with Crippen LogP contribution in [0.5, 0.6) is 0 Å². The number of nitrogens with zero attached hydrogens (tertiary/aromatic N) is 3. The van der Waals surface area contributed by atoms with E-state index in [0.717, 1.165) is 12.0 Å². The number of aliphatic hydroxyl groups excluding tert-OH is 1. The summed E-state index contributed by atoms with van der Waals surface area (Å²) in [5, 5.41) is 10.6. The highest BCUT2D eigenvalue weighted by Crippen LogP contribution is 2.59. The molecule has 2 saturated heterocycles. The first-order chi connectivity index (χ1) is 18.7. The highest BCUT2D eigenvalue weighted by molar-refractivity contribution is 6.00. The van der Waals surface area contributed by atoms with Crippen LogP contribution < -0.4 is 0 Å². The van der Waals surface area contributed by atoms with E-state index in [9.17, 15) is 19.5 Å². The van der Waals surface area contributed by atoms with E-state index in [1.54, 1.807) is 9.80 Å². The Balaban J connectivity index is 1.67. The van der Waals surface area contributed by atoms with E-state index in [2.05, 4.69) is 0 Å². The molecule has 0 radical (unpaired) electrons. The number of carbonyl (C=O) groups excluding carboxylic acids is 3. The number of rotatable bonds is 8. The van der Waals surface area contributed by atoms with Gasteiger partial charge in [-0.2, -0.15) is 0 Å². The summed E-state index contributed by atoms with van der Waals surface area (Å²) in [4.78, 5) is 48.3. The zero-order valence-electron chi connectivity index (χ0n) is 23.5. The van der Waals surface area contributed by atoms with Crippen molar-refractivity contribution in [2.75, 3.05) is 26.2 Å². The maximum atomic E-state index is 14.6. The van der Waals surface area contributed by atoms with Gasteiger partial charge in [-0.15, -0.1) is 0 Å². The lowest BCUT2D eigenvalue weighted by atomic mass is 9.73. The van der Waals surface area contributed by atoms with Crippen LogP contribution in [0.2, 0.25) is 0 Å². The Morgan fingerprint density at radius 1 is 0.974 bits per heavy atom. The lowest BCUT2D eigenvalue weighted by molar-refractivity contribution is -0.158. The molecule has 210 valence electrons. The van der Waals surface area contributed by atoms with Gasteiger partial charge >= 0.3 is 0 Å². The Bertz CT molecular complexity index is 1170. The van der Waals surface area contributed by atoms with Crippen LogP contribution in [0.25, 0.3) is 0 Å². The molecule has 39 heavy (non-hydrogen) atoms. The number of aliphatic hydroxyl groups is 1. The smallest absolute Gasteiger partial charge is 0.249 e. The van der Waals surface area contributed by atoms with Crippen molar-refractivity contribution < 1.29 is 24.2 Å². The summed E-state index contributed by atoms with van der Waals surface area (Å²) in [6.45, 7) is 9.06. The van der Waals surface area contributed by atoms with Crippen LogP contribution >= 0.6 is 0 Å². The molecule has 3 amide bonds. The molecule has 1 aromatic rings. The molecule has 6 atom stereocenters. The molecule has 8 nitrogen and oxygen atoms in total. The number of likely N-dealkylation sites (tertiary alicyclic amines) is 1. The van der Waals surface area contributed by atoms with Crippen LogP contribution in [0.3, 0.4) is 0 Å². The molecule has 1 N–H and O–H groups in total. The Morgan fingerprint density at radius 3 is 2.33 bits per heavy atom. The van der Waals surface area contributed by atoms with E-state index in [0.29, 0.717) is 32.5 Å². The number of hydrogen-bond donors (Lipinski definition) is 1. The van der Waals surface area contributed by atoms with Crippen LogP contribution in [-0.4, -0.2) is 93.1 Å². The van der Waals surface area contributed by atoms with Crippen molar-refractivity contribution in [2.24, 2.45) is 11.8 Å².